The quantitative estimate of drug-likeness (QED) is 0.324. The van der Waals surface area contributed by atoms with Gasteiger partial charge in [-0.25, -0.2) is 0 Å². The molecule has 28 heavy (non-hydrogen) atoms. The number of allylic oxidation sites excluding steroid dienone is 2. The third kappa shape index (κ3) is 3.53. The van der Waals surface area contributed by atoms with Crippen molar-refractivity contribution in [2.24, 2.45) is 11.8 Å². The average Bonchev–Trinajstić information content (AvgIpc) is 3.08. The van der Waals surface area contributed by atoms with E-state index in [-0.39, 0.29) is 35.5 Å². The van der Waals surface area contributed by atoms with E-state index in [9.17, 15) is 19.2 Å². The zero-order chi connectivity index (χ0) is 20.6. The third-order valence-electron chi connectivity index (χ3n) is 5.55. The van der Waals surface area contributed by atoms with Gasteiger partial charge in [0.05, 0.1) is 11.8 Å². The number of ether oxygens (including phenoxy) is 1. The first kappa shape index (κ1) is 20.0. The third-order valence-corrected chi connectivity index (χ3v) is 5.55. The Balaban J connectivity index is 1.59. The highest BCUT2D eigenvalue weighted by Gasteiger charge is 2.47. The van der Waals surface area contributed by atoms with E-state index in [1.165, 1.54) is 0 Å². The number of amides is 2. The van der Waals surface area contributed by atoms with Crippen molar-refractivity contribution in [3.05, 3.63) is 35.2 Å². The predicted octanol–water partition coefficient (Wildman–Crippen LogP) is 2.36. The molecule has 2 amide bonds. The van der Waals surface area contributed by atoms with E-state index in [1.807, 2.05) is 44.4 Å². The molecule has 2 heterocycles. The topological polar surface area (TPSA) is 85.7 Å². The molecule has 1 aromatic rings. The predicted molar refractivity (Wildman–Crippen MR) is 102 cm³/mol. The molecule has 0 N–H and O–H groups in total. The molecule has 0 saturated carbocycles. The van der Waals surface area contributed by atoms with Crippen molar-refractivity contribution in [3.63, 3.8) is 0 Å². The van der Waals surface area contributed by atoms with Gasteiger partial charge in [0.15, 0.2) is 6.61 Å². The van der Waals surface area contributed by atoms with Crippen molar-refractivity contribution >= 4 is 23.6 Å². The number of aromatic nitrogens is 1. The van der Waals surface area contributed by atoms with E-state index in [0.717, 1.165) is 16.3 Å². The summed E-state index contributed by atoms with van der Waals surface area (Å²) in [6, 6.07) is 2.01. The van der Waals surface area contributed by atoms with Crippen LogP contribution in [0.1, 0.15) is 54.5 Å². The van der Waals surface area contributed by atoms with E-state index in [1.54, 1.807) is 6.07 Å². The zero-order valence-corrected chi connectivity index (χ0v) is 16.7. The second kappa shape index (κ2) is 7.73. The number of carbonyl (C=O) groups is 4. The van der Waals surface area contributed by atoms with E-state index in [0.29, 0.717) is 18.4 Å². The molecule has 1 fully saturated rings. The molecule has 2 aliphatic rings. The molecule has 1 aliphatic carbocycles. The Hall–Kier alpha value is -2.70. The maximum atomic E-state index is 12.5. The second-order valence-electron chi connectivity index (χ2n) is 7.75. The first-order valence-electron chi connectivity index (χ1n) is 9.59. The summed E-state index contributed by atoms with van der Waals surface area (Å²) >= 11 is 0. The number of aryl methyl sites for hydroxylation is 1. The van der Waals surface area contributed by atoms with Crippen LogP contribution in [0.25, 0.3) is 0 Å². The molecule has 0 radical (unpaired) electrons. The number of nitrogens with zero attached hydrogens (tertiary/aromatic N) is 2. The normalized spacial score (nSPS) is 21.4. The summed E-state index contributed by atoms with van der Waals surface area (Å²) in [7, 11) is 0. The molecule has 7 heteroatoms. The molecule has 0 bridgehead atoms. The number of imide groups is 1. The highest BCUT2D eigenvalue weighted by atomic mass is 16.5. The van der Waals surface area contributed by atoms with E-state index >= 15 is 0 Å². The smallest absolute Gasteiger partial charge is 0.326 e. The number of likely N-dealkylation sites (tertiary alicyclic amines) is 1. The number of hydrogen-bond donors (Lipinski definition) is 0. The molecule has 150 valence electrons. The zero-order valence-electron chi connectivity index (χ0n) is 16.7. The lowest BCUT2D eigenvalue weighted by molar-refractivity contribution is -0.152. The van der Waals surface area contributed by atoms with Gasteiger partial charge >= 0.3 is 5.97 Å². The second-order valence-corrected chi connectivity index (χ2v) is 7.75. The Labute approximate surface area is 164 Å². The Morgan fingerprint density at radius 2 is 1.68 bits per heavy atom. The van der Waals surface area contributed by atoms with Gasteiger partial charge in [-0.05, 0) is 46.6 Å². The van der Waals surface area contributed by atoms with E-state index in [2.05, 4.69) is 0 Å². The Morgan fingerprint density at radius 3 is 2.18 bits per heavy atom. The molecule has 0 aromatic carbocycles. The lowest BCUT2D eigenvalue weighted by atomic mass is 9.85. The number of Topliss-reactive ketones (excluding diaryl/α,β-unsaturated/α-hetero) is 1. The fourth-order valence-corrected chi connectivity index (χ4v) is 4.28. The minimum Gasteiger partial charge on any atom is -0.456 e. The molecule has 2 atom stereocenters. The van der Waals surface area contributed by atoms with Crippen LogP contribution in [0.15, 0.2) is 18.2 Å². The van der Waals surface area contributed by atoms with Gasteiger partial charge in [-0.3, -0.25) is 24.1 Å². The molecule has 1 aliphatic heterocycles. The maximum Gasteiger partial charge on any atom is 0.326 e. The van der Waals surface area contributed by atoms with Crippen LogP contribution in [-0.4, -0.2) is 46.2 Å². The number of hydrogen-bond acceptors (Lipinski definition) is 5. The van der Waals surface area contributed by atoms with Gasteiger partial charge in [0.2, 0.25) is 17.6 Å². The summed E-state index contributed by atoms with van der Waals surface area (Å²) in [6.07, 6.45) is 4.82. The summed E-state index contributed by atoms with van der Waals surface area (Å²) in [5, 5.41) is 0. The Kier molecular flexibility index (Phi) is 5.54. The summed E-state index contributed by atoms with van der Waals surface area (Å²) in [5.41, 5.74) is 2.31. The summed E-state index contributed by atoms with van der Waals surface area (Å²) in [4.78, 5) is 50.4. The van der Waals surface area contributed by atoms with Crippen molar-refractivity contribution < 1.29 is 23.9 Å². The van der Waals surface area contributed by atoms with Crippen molar-refractivity contribution in [3.8, 4) is 0 Å². The molecule has 1 aromatic heterocycles. The van der Waals surface area contributed by atoms with Crippen LogP contribution >= 0.6 is 0 Å². The first-order valence-corrected chi connectivity index (χ1v) is 9.59. The first-order chi connectivity index (χ1) is 13.2. The number of esters is 1. The van der Waals surface area contributed by atoms with Crippen molar-refractivity contribution in [1.29, 1.82) is 0 Å². The van der Waals surface area contributed by atoms with Gasteiger partial charge < -0.3 is 9.30 Å². The molecule has 0 unspecified atom stereocenters. The standard InChI is InChI=1S/C21H26N2O5/c1-12(2)23-13(3)9-17(14(23)4)18(24)11-28-19(25)10-22-20(26)15-7-5-6-8-16(15)21(22)27/h5-6,9,12,15-16H,7-8,10-11H2,1-4H3/t15-,16-/m1/s1. The van der Waals surface area contributed by atoms with Gasteiger partial charge in [0, 0.05) is 23.0 Å². The Morgan fingerprint density at radius 1 is 1.11 bits per heavy atom. The summed E-state index contributed by atoms with van der Waals surface area (Å²) < 4.78 is 7.12. The van der Waals surface area contributed by atoms with Gasteiger partial charge in [-0.15, -0.1) is 0 Å². The summed E-state index contributed by atoms with van der Waals surface area (Å²) in [6.45, 7) is 7.00. The van der Waals surface area contributed by atoms with Crippen LogP contribution in [-0.2, 0) is 19.1 Å². The molecule has 7 nitrogen and oxygen atoms in total. The van der Waals surface area contributed by atoms with E-state index in [4.69, 9.17) is 4.74 Å². The number of ketones is 1. The number of rotatable bonds is 6. The van der Waals surface area contributed by atoms with Gasteiger partial charge in [0.25, 0.3) is 0 Å². The molecular formula is C21H26N2O5. The molecule has 1 saturated heterocycles. The fourth-order valence-electron chi connectivity index (χ4n) is 4.28. The molecular weight excluding hydrogens is 360 g/mol. The van der Waals surface area contributed by atoms with Crippen LogP contribution in [0.2, 0.25) is 0 Å². The van der Waals surface area contributed by atoms with Crippen molar-refractivity contribution in [2.45, 2.75) is 46.6 Å². The lowest BCUT2D eigenvalue weighted by Gasteiger charge is -2.14. The Bertz CT molecular complexity index is 838. The fraction of sp³-hybridized carbons (Fsp3) is 0.524. The number of fused-ring (bicyclic) bond motifs is 1. The van der Waals surface area contributed by atoms with E-state index < -0.39 is 19.1 Å². The van der Waals surface area contributed by atoms with Crippen molar-refractivity contribution in [2.75, 3.05) is 13.2 Å². The van der Waals surface area contributed by atoms with Gasteiger partial charge in [-0.2, -0.15) is 0 Å². The van der Waals surface area contributed by atoms with Crippen LogP contribution in [0.4, 0.5) is 0 Å². The highest BCUT2D eigenvalue weighted by Crippen LogP contribution is 2.34. The maximum absolute atomic E-state index is 12.5. The average molecular weight is 386 g/mol. The van der Waals surface area contributed by atoms with Crippen LogP contribution in [0.3, 0.4) is 0 Å². The molecule has 0 spiro atoms. The minimum atomic E-state index is -0.751. The minimum absolute atomic E-state index is 0.217. The highest BCUT2D eigenvalue weighted by molar-refractivity contribution is 6.07. The number of carbonyl (C=O) groups excluding carboxylic acids is 4. The largest absolute Gasteiger partial charge is 0.456 e. The monoisotopic (exact) mass is 386 g/mol. The van der Waals surface area contributed by atoms with Gasteiger partial charge in [0.1, 0.15) is 6.54 Å². The molecule has 3 rings (SSSR count). The van der Waals surface area contributed by atoms with Gasteiger partial charge in [-0.1, -0.05) is 12.2 Å². The lowest BCUT2D eigenvalue weighted by Crippen LogP contribution is -2.37. The summed E-state index contributed by atoms with van der Waals surface area (Å²) in [5.74, 6) is -2.47. The van der Waals surface area contributed by atoms with Crippen LogP contribution < -0.4 is 0 Å². The SMILES string of the molecule is Cc1cc(C(=O)COC(=O)CN2C(=O)[C@@H]3CC=CC[C@H]3C2=O)c(C)n1C(C)C. The van der Waals surface area contributed by atoms with Crippen molar-refractivity contribution in [1.82, 2.24) is 9.47 Å². The van der Waals surface area contributed by atoms with Crippen LogP contribution in [0, 0.1) is 25.7 Å². The van der Waals surface area contributed by atoms with Crippen LogP contribution in [0.5, 0.6) is 0 Å².